The standard InChI is InChI=1S/C36H34ClN3OS/c1-24-19-30-33(41-23-29-14-11-27(21-39-29)26-7-5-4-6-8-26)16-15-31-34(30)35(42-24)32(20-36(2,3)17-18-38)40(31)22-25-9-12-28(37)13-10-25/h4-16,21,24H,17,19-20,22-23H2,1-3H3. The minimum atomic E-state index is -0.143. The molecule has 0 saturated heterocycles. The molecule has 212 valence electrons. The lowest BCUT2D eigenvalue weighted by Gasteiger charge is -2.25. The third-order valence-corrected chi connectivity index (χ3v) is 9.43. The van der Waals surface area contributed by atoms with E-state index in [1.165, 1.54) is 32.6 Å². The van der Waals surface area contributed by atoms with Crippen molar-refractivity contribution in [2.24, 2.45) is 5.41 Å². The second-order valence-electron chi connectivity index (χ2n) is 11.9. The fourth-order valence-electron chi connectivity index (χ4n) is 5.82. The van der Waals surface area contributed by atoms with E-state index in [9.17, 15) is 5.26 Å². The van der Waals surface area contributed by atoms with Gasteiger partial charge in [0.1, 0.15) is 12.4 Å². The summed E-state index contributed by atoms with van der Waals surface area (Å²) in [4.78, 5) is 6.02. The van der Waals surface area contributed by atoms with Gasteiger partial charge < -0.3 is 9.30 Å². The normalized spacial score (nSPS) is 14.6. The molecule has 0 aliphatic carbocycles. The molecule has 6 heteroatoms. The summed E-state index contributed by atoms with van der Waals surface area (Å²) < 4.78 is 8.94. The lowest BCUT2D eigenvalue weighted by Crippen LogP contribution is -2.18. The van der Waals surface area contributed by atoms with Crippen LogP contribution in [0.3, 0.4) is 0 Å². The lowest BCUT2D eigenvalue weighted by molar-refractivity contribution is 0.298. The van der Waals surface area contributed by atoms with Crippen LogP contribution in [0.25, 0.3) is 22.0 Å². The minimum Gasteiger partial charge on any atom is -0.487 e. The monoisotopic (exact) mass is 591 g/mol. The van der Waals surface area contributed by atoms with Gasteiger partial charge in [-0.1, -0.05) is 80.9 Å². The molecule has 3 aromatic carbocycles. The largest absolute Gasteiger partial charge is 0.487 e. The van der Waals surface area contributed by atoms with E-state index in [4.69, 9.17) is 21.3 Å². The van der Waals surface area contributed by atoms with Crippen LogP contribution in [0.2, 0.25) is 5.02 Å². The highest BCUT2D eigenvalue weighted by molar-refractivity contribution is 8.00. The Morgan fingerprint density at radius 1 is 1.02 bits per heavy atom. The average Bonchev–Trinajstić information content (AvgIpc) is 3.26. The van der Waals surface area contributed by atoms with Crippen molar-refractivity contribution in [1.82, 2.24) is 9.55 Å². The van der Waals surface area contributed by atoms with E-state index in [0.717, 1.165) is 47.0 Å². The summed E-state index contributed by atoms with van der Waals surface area (Å²) in [5.41, 5.74) is 8.00. The predicted octanol–water partition coefficient (Wildman–Crippen LogP) is 9.50. The molecule has 2 aromatic heterocycles. The van der Waals surface area contributed by atoms with Crippen molar-refractivity contribution in [2.45, 2.75) is 63.3 Å². The van der Waals surface area contributed by atoms with Crippen LogP contribution in [-0.2, 0) is 26.0 Å². The number of thioether (sulfide) groups is 1. The van der Waals surface area contributed by atoms with Gasteiger partial charge >= 0.3 is 0 Å². The Labute approximate surface area is 257 Å². The van der Waals surface area contributed by atoms with E-state index >= 15 is 0 Å². The van der Waals surface area contributed by atoms with Gasteiger partial charge in [-0.3, -0.25) is 4.98 Å². The van der Waals surface area contributed by atoms with Gasteiger partial charge in [0.2, 0.25) is 0 Å². The van der Waals surface area contributed by atoms with E-state index in [1.807, 2.05) is 54.4 Å². The Hall–Kier alpha value is -3.72. The zero-order valence-electron chi connectivity index (χ0n) is 24.2. The number of ether oxygens (including phenoxy) is 1. The first-order valence-corrected chi connectivity index (χ1v) is 15.7. The first-order chi connectivity index (χ1) is 20.3. The summed E-state index contributed by atoms with van der Waals surface area (Å²) in [6.45, 7) is 7.84. The highest BCUT2D eigenvalue weighted by Crippen LogP contribution is 2.48. The van der Waals surface area contributed by atoms with Crippen LogP contribution in [0.1, 0.15) is 49.7 Å². The molecular weight excluding hydrogens is 558 g/mol. The third kappa shape index (κ3) is 5.93. The molecule has 3 heterocycles. The van der Waals surface area contributed by atoms with Crippen LogP contribution < -0.4 is 4.74 Å². The van der Waals surface area contributed by atoms with Gasteiger partial charge in [0.25, 0.3) is 0 Å². The smallest absolute Gasteiger partial charge is 0.130 e. The van der Waals surface area contributed by atoms with Gasteiger partial charge in [0, 0.05) is 56.5 Å². The Bertz CT molecular complexity index is 1750. The molecule has 6 rings (SSSR count). The van der Waals surface area contributed by atoms with Crippen molar-refractivity contribution in [2.75, 3.05) is 0 Å². The van der Waals surface area contributed by atoms with Crippen molar-refractivity contribution in [3.05, 3.63) is 113 Å². The zero-order chi connectivity index (χ0) is 29.3. The molecule has 0 amide bonds. The Morgan fingerprint density at radius 3 is 2.52 bits per heavy atom. The number of halogens is 1. The Balaban J connectivity index is 1.37. The molecule has 1 atom stereocenters. The number of nitrogens with zero attached hydrogens (tertiary/aromatic N) is 3. The summed E-state index contributed by atoms with van der Waals surface area (Å²) in [6.07, 6.45) is 4.19. The summed E-state index contributed by atoms with van der Waals surface area (Å²) in [6, 6.07) is 29.3. The Morgan fingerprint density at radius 2 is 1.81 bits per heavy atom. The van der Waals surface area contributed by atoms with Gasteiger partial charge in [0.15, 0.2) is 0 Å². The number of nitriles is 1. The molecule has 1 aliphatic heterocycles. The van der Waals surface area contributed by atoms with E-state index in [2.05, 4.69) is 73.9 Å². The van der Waals surface area contributed by atoms with Gasteiger partial charge in [0.05, 0.1) is 17.3 Å². The van der Waals surface area contributed by atoms with E-state index in [-0.39, 0.29) is 5.41 Å². The van der Waals surface area contributed by atoms with Gasteiger partial charge in [-0.2, -0.15) is 5.26 Å². The van der Waals surface area contributed by atoms with Crippen LogP contribution in [0.5, 0.6) is 5.75 Å². The topological polar surface area (TPSA) is 50.8 Å². The summed E-state index contributed by atoms with van der Waals surface area (Å²) in [5.74, 6) is 0.927. The molecule has 1 unspecified atom stereocenters. The zero-order valence-corrected chi connectivity index (χ0v) is 25.8. The molecule has 42 heavy (non-hydrogen) atoms. The predicted molar refractivity (Wildman–Crippen MR) is 173 cm³/mol. The fourth-order valence-corrected chi connectivity index (χ4v) is 7.27. The summed E-state index contributed by atoms with van der Waals surface area (Å²) >= 11 is 8.16. The SMILES string of the molecule is CC1Cc2c(OCc3ccc(-c4ccccc4)cn3)ccc3c2c(c(CC(C)(C)CC#N)n3Cc2ccc(Cl)cc2)S1. The quantitative estimate of drug-likeness (QED) is 0.171. The van der Waals surface area contributed by atoms with Crippen molar-refractivity contribution < 1.29 is 4.74 Å². The van der Waals surface area contributed by atoms with Crippen LogP contribution in [0.4, 0.5) is 0 Å². The first-order valence-electron chi connectivity index (χ1n) is 14.4. The van der Waals surface area contributed by atoms with Crippen LogP contribution >= 0.6 is 23.4 Å². The van der Waals surface area contributed by atoms with E-state index in [0.29, 0.717) is 18.3 Å². The van der Waals surface area contributed by atoms with Gasteiger partial charge in [-0.15, -0.1) is 11.8 Å². The van der Waals surface area contributed by atoms with Gasteiger partial charge in [-0.25, -0.2) is 0 Å². The molecule has 5 aromatic rings. The van der Waals surface area contributed by atoms with Gasteiger partial charge in [-0.05, 0) is 59.7 Å². The maximum absolute atomic E-state index is 9.54. The van der Waals surface area contributed by atoms with E-state index < -0.39 is 0 Å². The maximum atomic E-state index is 9.54. The molecular formula is C36H34ClN3OS. The number of aromatic nitrogens is 2. The van der Waals surface area contributed by atoms with Crippen LogP contribution in [-0.4, -0.2) is 14.8 Å². The molecule has 0 spiro atoms. The van der Waals surface area contributed by atoms with E-state index in [1.54, 1.807) is 0 Å². The lowest BCUT2D eigenvalue weighted by atomic mass is 9.85. The molecule has 0 saturated carbocycles. The highest BCUT2D eigenvalue weighted by Gasteiger charge is 2.31. The average molecular weight is 592 g/mol. The van der Waals surface area contributed by atoms with Crippen molar-refractivity contribution in [3.63, 3.8) is 0 Å². The molecule has 0 N–H and O–H groups in total. The molecule has 0 bridgehead atoms. The third-order valence-electron chi connectivity index (χ3n) is 7.93. The van der Waals surface area contributed by atoms with Crippen LogP contribution in [0.15, 0.2) is 90.0 Å². The molecule has 0 radical (unpaired) electrons. The maximum Gasteiger partial charge on any atom is 0.130 e. The first kappa shape index (κ1) is 28.4. The summed E-state index contributed by atoms with van der Waals surface area (Å²) in [7, 11) is 0. The number of hydrogen-bond acceptors (Lipinski definition) is 4. The molecule has 1 aliphatic rings. The second-order valence-corrected chi connectivity index (χ2v) is 13.8. The van der Waals surface area contributed by atoms with Crippen LogP contribution in [0, 0.1) is 16.7 Å². The van der Waals surface area contributed by atoms with Crippen molar-refractivity contribution in [1.29, 1.82) is 5.26 Å². The number of rotatable bonds is 9. The minimum absolute atomic E-state index is 0.143. The highest BCUT2D eigenvalue weighted by atomic mass is 35.5. The fraction of sp³-hybridized carbons (Fsp3) is 0.278. The summed E-state index contributed by atoms with van der Waals surface area (Å²) in [5, 5.41) is 12.0. The molecule has 4 nitrogen and oxygen atoms in total. The number of hydrogen-bond donors (Lipinski definition) is 0. The number of benzene rings is 3. The molecule has 0 fully saturated rings. The second kappa shape index (κ2) is 11.9. The number of pyridine rings is 1. The Kier molecular flexibility index (Phi) is 8.03. The van der Waals surface area contributed by atoms with Crippen molar-refractivity contribution in [3.8, 4) is 22.9 Å². The van der Waals surface area contributed by atoms with Crippen molar-refractivity contribution >= 4 is 34.3 Å².